The molecule has 2 aromatic rings. The van der Waals surface area contributed by atoms with Crippen LogP contribution in [-0.4, -0.2) is 29.0 Å². The van der Waals surface area contributed by atoms with Crippen LogP contribution in [-0.2, 0) is 41.0 Å². The van der Waals surface area contributed by atoms with E-state index in [4.69, 9.17) is 8.37 Å². The van der Waals surface area contributed by atoms with Crippen LogP contribution in [0.5, 0.6) is 0 Å². The van der Waals surface area contributed by atoms with Crippen molar-refractivity contribution < 1.29 is 51.5 Å². The molecule has 188 valence electrons. The Hall–Kier alpha value is -2.16. The molecule has 0 bridgehead atoms. The lowest BCUT2D eigenvalue weighted by Gasteiger charge is -2.28. The van der Waals surface area contributed by atoms with Gasteiger partial charge in [-0.05, 0) is 43.5 Å². The van der Waals surface area contributed by atoms with Crippen LogP contribution >= 0.6 is 0 Å². The molecular weight excluding hydrogens is 514 g/mol. The molecule has 0 spiro atoms. The molecule has 0 N–H and O–H groups in total. The molecule has 0 aliphatic heterocycles. The van der Waals surface area contributed by atoms with E-state index in [0.29, 0.717) is 12.1 Å². The van der Waals surface area contributed by atoms with Crippen molar-refractivity contribution in [2.45, 2.75) is 60.0 Å². The van der Waals surface area contributed by atoms with Crippen molar-refractivity contribution in [3.05, 3.63) is 59.7 Å². The van der Waals surface area contributed by atoms with Gasteiger partial charge in [-0.25, -0.2) is 0 Å². The van der Waals surface area contributed by atoms with E-state index in [0.717, 1.165) is 36.4 Å². The van der Waals surface area contributed by atoms with E-state index in [1.165, 1.54) is 0 Å². The molecule has 2 unspecified atom stereocenters. The first kappa shape index (κ1) is 26.4. The van der Waals surface area contributed by atoms with E-state index in [9.17, 15) is 43.2 Å². The summed E-state index contributed by atoms with van der Waals surface area (Å²) < 4.78 is 139. The van der Waals surface area contributed by atoms with E-state index >= 15 is 0 Å². The molecule has 1 aliphatic rings. The van der Waals surface area contributed by atoms with Gasteiger partial charge < -0.3 is 0 Å². The molecule has 3 rings (SSSR count). The second kappa shape index (κ2) is 9.47. The van der Waals surface area contributed by atoms with Crippen LogP contribution in [0.2, 0.25) is 0 Å². The van der Waals surface area contributed by atoms with Crippen LogP contribution in [0.25, 0.3) is 0 Å². The molecule has 1 saturated carbocycles. The van der Waals surface area contributed by atoms with E-state index in [-0.39, 0.29) is 25.7 Å². The van der Waals surface area contributed by atoms with Crippen molar-refractivity contribution in [2.75, 3.05) is 0 Å². The fourth-order valence-electron chi connectivity index (χ4n) is 3.58. The molecule has 0 heterocycles. The molecule has 0 amide bonds. The van der Waals surface area contributed by atoms with E-state index in [1.54, 1.807) is 0 Å². The van der Waals surface area contributed by atoms with Crippen molar-refractivity contribution in [3.8, 4) is 0 Å². The highest BCUT2D eigenvalue weighted by Crippen LogP contribution is 2.38. The number of hydrogen-bond donors (Lipinski definition) is 0. The minimum atomic E-state index is -4.97. The Morgan fingerprint density at radius 2 is 1.00 bits per heavy atom. The number of benzene rings is 2. The van der Waals surface area contributed by atoms with Gasteiger partial charge in [-0.3, -0.25) is 8.37 Å². The molecule has 2 aromatic carbocycles. The Morgan fingerprint density at radius 3 is 1.35 bits per heavy atom. The second-order valence-corrected chi connectivity index (χ2v) is 10.6. The highest BCUT2D eigenvalue weighted by Gasteiger charge is 2.40. The third-order valence-corrected chi connectivity index (χ3v) is 7.87. The summed E-state index contributed by atoms with van der Waals surface area (Å²) in [5, 5.41) is 0. The summed E-state index contributed by atoms with van der Waals surface area (Å²) in [4.78, 5) is -2.20. The van der Waals surface area contributed by atoms with Crippen LogP contribution in [0.3, 0.4) is 0 Å². The molecule has 14 heteroatoms. The lowest BCUT2D eigenvalue weighted by Crippen LogP contribution is -2.32. The fraction of sp³-hybridized carbons (Fsp3) is 0.400. The van der Waals surface area contributed by atoms with Crippen LogP contribution in [0.4, 0.5) is 26.3 Å². The molecular formula is C20H18F6O6S2. The third kappa shape index (κ3) is 6.09. The van der Waals surface area contributed by atoms with Crippen LogP contribution in [0, 0.1) is 0 Å². The van der Waals surface area contributed by atoms with E-state index in [2.05, 4.69) is 0 Å². The van der Waals surface area contributed by atoms with Gasteiger partial charge in [0.2, 0.25) is 0 Å². The summed E-state index contributed by atoms with van der Waals surface area (Å²) in [7, 11) is -9.79. The Bertz CT molecular complexity index is 1140. The average Bonchev–Trinajstić information content (AvgIpc) is 2.72. The Morgan fingerprint density at radius 1 is 0.647 bits per heavy atom. The van der Waals surface area contributed by atoms with E-state index < -0.39 is 65.7 Å². The highest BCUT2D eigenvalue weighted by atomic mass is 32.2. The Kier molecular flexibility index (Phi) is 7.37. The molecule has 6 nitrogen and oxygen atoms in total. The first-order valence-corrected chi connectivity index (χ1v) is 12.6. The lowest BCUT2D eigenvalue weighted by molar-refractivity contribution is -0.140. The van der Waals surface area contributed by atoms with Gasteiger partial charge in [0.15, 0.2) is 0 Å². The van der Waals surface area contributed by atoms with Crippen molar-refractivity contribution >= 4 is 20.2 Å². The normalized spacial score (nSPS) is 20.3. The predicted octanol–water partition coefficient (Wildman–Crippen LogP) is 5.15. The standard InChI is InChI=1S/C20H18F6O6S2/c21-19(22,23)15-8-1-3-10-17(15)33(27,28)31-13-6-5-7-14(12-13)32-34(29,30)18-11-4-2-9-16(18)20(24,25)26/h1-4,8-11,13-14H,5-7,12H2. The largest absolute Gasteiger partial charge is 0.417 e. The number of rotatable bonds is 6. The zero-order chi connectivity index (χ0) is 25.4. The van der Waals surface area contributed by atoms with Gasteiger partial charge in [-0.1, -0.05) is 24.3 Å². The monoisotopic (exact) mass is 532 g/mol. The number of alkyl halides is 6. The number of hydrogen-bond acceptors (Lipinski definition) is 6. The molecule has 0 radical (unpaired) electrons. The van der Waals surface area contributed by atoms with Gasteiger partial charge in [0, 0.05) is 6.42 Å². The minimum absolute atomic E-state index is 0.0620. The zero-order valence-electron chi connectivity index (χ0n) is 17.1. The molecule has 1 aliphatic carbocycles. The second-order valence-electron chi connectivity index (χ2n) is 7.50. The van der Waals surface area contributed by atoms with Crippen molar-refractivity contribution in [2.24, 2.45) is 0 Å². The lowest BCUT2D eigenvalue weighted by atomic mass is 9.95. The molecule has 2 atom stereocenters. The maximum Gasteiger partial charge on any atom is 0.417 e. The van der Waals surface area contributed by atoms with E-state index in [1.807, 2.05) is 0 Å². The van der Waals surface area contributed by atoms with Crippen LogP contribution in [0.1, 0.15) is 36.8 Å². The summed E-state index contributed by atoms with van der Waals surface area (Å²) in [6.45, 7) is 0. The third-order valence-electron chi connectivity index (χ3n) is 5.03. The van der Waals surface area contributed by atoms with Crippen LogP contribution < -0.4 is 0 Å². The van der Waals surface area contributed by atoms with Crippen molar-refractivity contribution in [3.63, 3.8) is 0 Å². The highest BCUT2D eigenvalue weighted by molar-refractivity contribution is 7.87. The average molecular weight is 532 g/mol. The van der Waals surface area contributed by atoms with Crippen molar-refractivity contribution in [1.82, 2.24) is 0 Å². The quantitative estimate of drug-likeness (QED) is 0.378. The molecule has 1 fully saturated rings. The number of halogens is 6. The Balaban J connectivity index is 1.79. The van der Waals surface area contributed by atoms with Crippen molar-refractivity contribution in [1.29, 1.82) is 0 Å². The van der Waals surface area contributed by atoms with Crippen LogP contribution in [0.15, 0.2) is 58.3 Å². The summed E-state index contributed by atoms with van der Waals surface area (Å²) in [6.07, 6.45) is -12.5. The van der Waals surface area contributed by atoms with Gasteiger partial charge in [0.1, 0.15) is 9.79 Å². The SMILES string of the molecule is O=S(=O)(OC1CCCC(OS(=O)(=O)c2ccccc2C(F)(F)F)C1)c1ccccc1C(F)(F)F. The predicted molar refractivity (Wildman–Crippen MR) is 105 cm³/mol. The van der Waals surface area contributed by atoms with Gasteiger partial charge >= 0.3 is 12.4 Å². The maximum absolute atomic E-state index is 13.2. The molecule has 34 heavy (non-hydrogen) atoms. The molecule has 0 saturated heterocycles. The fourth-order valence-corrected chi connectivity index (χ4v) is 6.25. The van der Waals surface area contributed by atoms with Gasteiger partial charge in [0.05, 0.1) is 23.3 Å². The zero-order valence-corrected chi connectivity index (χ0v) is 18.8. The summed E-state index contributed by atoms with van der Waals surface area (Å²) in [5.74, 6) is 0. The minimum Gasteiger partial charge on any atom is -0.263 e. The summed E-state index contributed by atoms with van der Waals surface area (Å²) in [5.41, 5.74) is -2.85. The summed E-state index contributed by atoms with van der Waals surface area (Å²) in [6, 6.07) is 6.81. The van der Waals surface area contributed by atoms with Gasteiger partial charge in [-0.15, -0.1) is 0 Å². The Labute approximate surface area is 191 Å². The van der Waals surface area contributed by atoms with Gasteiger partial charge in [0.25, 0.3) is 20.2 Å². The first-order valence-electron chi connectivity index (χ1n) is 9.80. The smallest absolute Gasteiger partial charge is 0.263 e. The summed E-state index contributed by atoms with van der Waals surface area (Å²) >= 11 is 0. The maximum atomic E-state index is 13.2. The van der Waals surface area contributed by atoms with Gasteiger partial charge in [-0.2, -0.15) is 43.2 Å². The topological polar surface area (TPSA) is 86.7 Å². The first-order chi connectivity index (χ1) is 15.6. The molecule has 0 aromatic heterocycles.